The molecule has 0 fully saturated rings. The zero-order valence-electron chi connectivity index (χ0n) is 13.9. The Balaban J connectivity index is 2.25. The molecule has 0 unspecified atom stereocenters. The number of esters is 1. The van der Waals surface area contributed by atoms with Crippen LogP contribution in [0.15, 0.2) is 30.5 Å². The van der Waals surface area contributed by atoms with E-state index in [1.807, 2.05) is 39.0 Å². The van der Waals surface area contributed by atoms with Gasteiger partial charge in [-0.05, 0) is 57.9 Å². The third kappa shape index (κ3) is 4.93. The average Bonchev–Trinajstić information content (AvgIpc) is 2.49. The van der Waals surface area contributed by atoms with Crippen molar-refractivity contribution in [3.05, 3.63) is 36.0 Å². The van der Waals surface area contributed by atoms with Crippen LogP contribution in [0.1, 0.15) is 44.0 Å². The van der Waals surface area contributed by atoms with Crippen molar-refractivity contribution in [2.75, 3.05) is 18.5 Å². The molecule has 2 aromatic rings. The van der Waals surface area contributed by atoms with Gasteiger partial charge < -0.3 is 15.2 Å². The Morgan fingerprint density at radius 2 is 2.04 bits per heavy atom. The minimum absolute atomic E-state index is 0.201. The molecule has 0 aliphatic carbocycles. The van der Waals surface area contributed by atoms with E-state index in [1.165, 1.54) is 0 Å². The second kappa shape index (κ2) is 7.42. The zero-order valence-corrected chi connectivity index (χ0v) is 13.9. The van der Waals surface area contributed by atoms with Gasteiger partial charge in [0.15, 0.2) is 0 Å². The quantitative estimate of drug-likeness (QED) is 0.631. The van der Waals surface area contributed by atoms with E-state index in [-0.39, 0.29) is 12.6 Å². The number of unbranched alkanes of at least 4 members (excludes halogenated alkanes) is 1. The number of rotatable bonds is 6. The summed E-state index contributed by atoms with van der Waals surface area (Å²) in [5.74, 6) is -0.345. The highest BCUT2D eigenvalue weighted by Gasteiger charge is 2.19. The molecule has 124 valence electrons. The molecule has 0 aliphatic rings. The molecular formula is C18H24N2O3. The van der Waals surface area contributed by atoms with Crippen molar-refractivity contribution >= 4 is 22.6 Å². The van der Waals surface area contributed by atoms with E-state index >= 15 is 0 Å². The van der Waals surface area contributed by atoms with Gasteiger partial charge in [-0.25, -0.2) is 4.79 Å². The van der Waals surface area contributed by atoms with Crippen LogP contribution in [0.5, 0.6) is 0 Å². The maximum Gasteiger partial charge on any atom is 0.339 e. The Kier molecular flexibility index (Phi) is 5.55. The molecule has 23 heavy (non-hydrogen) atoms. The lowest BCUT2D eigenvalue weighted by atomic mass is 10.1. The summed E-state index contributed by atoms with van der Waals surface area (Å²) >= 11 is 0. The van der Waals surface area contributed by atoms with Gasteiger partial charge in [0.25, 0.3) is 0 Å². The van der Waals surface area contributed by atoms with Crippen molar-refractivity contribution in [3.63, 3.8) is 0 Å². The first-order chi connectivity index (χ1) is 10.9. The predicted octanol–water partition coefficient (Wildman–Crippen LogP) is 3.37. The van der Waals surface area contributed by atoms with E-state index in [4.69, 9.17) is 9.84 Å². The van der Waals surface area contributed by atoms with Gasteiger partial charge in [0.2, 0.25) is 0 Å². The summed E-state index contributed by atoms with van der Waals surface area (Å²) < 4.78 is 5.47. The van der Waals surface area contributed by atoms with Crippen molar-refractivity contribution in [3.8, 4) is 0 Å². The average molecular weight is 316 g/mol. The van der Waals surface area contributed by atoms with Gasteiger partial charge >= 0.3 is 5.97 Å². The summed E-state index contributed by atoms with van der Waals surface area (Å²) in [4.78, 5) is 16.7. The molecular weight excluding hydrogens is 292 g/mol. The molecule has 0 spiro atoms. The lowest BCUT2D eigenvalue weighted by Crippen LogP contribution is -2.24. The molecule has 0 bridgehead atoms. The molecule has 0 amide bonds. The second-order valence-electron chi connectivity index (χ2n) is 6.45. The maximum atomic E-state index is 12.4. The van der Waals surface area contributed by atoms with Gasteiger partial charge in [-0.3, -0.25) is 4.98 Å². The van der Waals surface area contributed by atoms with Crippen LogP contribution in [-0.4, -0.2) is 34.8 Å². The number of ether oxygens (including phenoxy) is 1. The number of carbonyl (C=O) groups is 1. The number of aliphatic hydroxyl groups excluding tert-OH is 1. The molecule has 2 rings (SSSR count). The number of nitrogens with zero attached hydrogens (tertiary/aromatic N) is 1. The Bertz CT molecular complexity index is 678. The first-order valence-electron chi connectivity index (χ1n) is 7.87. The fourth-order valence-electron chi connectivity index (χ4n) is 2.24. The molecule has 0 radical (unpaired) electrons. The monoisotopic (exact) mass is 316 g/mol. The van der Waals surface area contributed by atoms with Gasteiger partial charge in [-0.2, -0.15) is 0 Å². The summed E-state index contributed by atoms with van der Waals surface area (Å²) in [7, 11) is 0. The van der Waals surface area contributed by atoms with Gasteiger partial charge in [0.05, 0.1) is 11.1 Å². The predicted molar refractivity (Wildman–Crippen MR) is 91.7 cm³/mol. The van der Waals surface area contributed by atoms with Crippen LogP contribution in [0.3, 0.4) is 0 Å². The fourth-order valence-corrected chi connectivity index (χ4v) is 2.24. The first kappa shape index (κ1) is 17.2. The lowest BCUT2D eigenvalue weighted by Gasteiger charge is -2.20. The summed E-state index contributed by atoms with van der Waals surface area (Å²) in [6.07, 6.45) is 3.28. The summed E-state index contributed by atoms with van der Waals surface area (Å²) in [6, 6.07) is 7.43. The van der Waals surface area contributed by atoms with Crippen molar-refractivity contribution in [2.45, 2.75) is 39.2 Å². The second-order valence-corrected chi connectivity index (χ2v) is 6.45. The number of nitrogens with one attached hydrogen (secondary N) is 1. The number of aromatic nitrogens is 1. The van der Waals surface area contributed by atoms with E-state index in [2.05, 4.69) is 10.3 Å². The molecule has 5 nitrogen and oxygen atoms in total. The van der Waals surface area contributed by atoms with Crippen LogP contribution in [0, 0.1) is 0 Å². The maximum absolute atomic E-state index is 12.4. The van der Waals surface area contributed by atoms with E-state index in [9.17, 15) is 4.79 Å². The molecule has 5 heteroatoms. The third-order valence-corrected chi connectivity index (χ3v) is 3.27. The van der Waals surface area contributed by atoms with E-state index in [0.29, 0.717) is 5.56 Å². The van der Waals surface area contributed by atoms with Crippen LogP contribution in [0.2, 0.25) is 0 Å². The molecule has 1 aromatic carbocycles. The number of carbonyl (C=O) groups excluding carboxylic acids is 1. The number of anilines is 1. The van der Waals surface area contributed by atoms with E-state index in [1.54, 1.807) is 12.3 Å². The first-order valence-corrected chi connectivity index (χ1v) is 7.87. The minimum Gasteiger partial charge on any atom is -0.456 e. The zero-order chi connectivity index (χ0) is 16.9. The number of fused-ring (bicyclic) bond motifs is 1. The summed E-state index contributed by atoms with van der Waals surface area (Å²) in [5.41, 5.74) is 1.67. The van der Waals surface area contributed by atoms with Crippen LogP contribution in [0.4, 0.5) is 5.69 Å². The highest BCUT2D eigenvalue weighted by molar-refractivity contribution is 6.04. The molecule has 2 N–H and O–H groups in total. The SMILES string of the molecule is CC(C)(C)OC(=O)c1ccnc2ccc(NCCCCO)cc12. The Morgan fingerprint density at radius 1 is 1.26 bits per heavy atom. The molecule has 1 heterocycles. The Morgan fingerprint density at radius 3 is 2.74 bits per heavy atom. The van der Waals surface area contributed by atoms with Gasteiger partial charge in [-0.15, -0.1) is 0 Å². The largest absolute Gasteiger partial charge is 0.456 e. The van der Waals surface area contributed by atoms with Crippen molar-refractivity contribution in [1.82, 2.24) is 4.98 Å². The number of hydrogen-bond acceptors (Lipinski definition) is 5. The normalized spacial score (nSPS) is 11.5. The van der Waals surface area contributed by atoms with Crippen LogP contribution < -0.4 is 5.32 Å². The van der Waals surface area contributed by atoms with Crippen LogP contribution in [0.25, 0.3) is 10.9 Å². The number of aliphatic hydroxyl groups is 1. The number of hydrogen-bond donors (Lipinski definition) is 2. The van der Waals surface area contributed by atoms with Gasteiger partial charge in [-0.1, -0.05) is 0 Å². The van der Waals surface area contributed by atoms with Crippen molar-refractivity contribution in [2.24, 2.45) is 0 Å². The highest BCUT2D eigenvalue weighted by Crippen LogP contribution is 2.23. The van der Waals surface area contributed by atoms with E-state index < -0.39 is 5.60 Å². The highest BCUT2D eigenvalue weighted by atomic mass is 16.6. The third-order valence-electron chi connectivity index (χ3n) is 3.27. The number of benzene rings is 1. The summed E-state index contributed by atoms with van der Waals surface area (Å²) in [5, 5.41) is 12.9. The minimum atomic E-state index is -0.535. The van der Waals surface area contributed by atoms with Crippen molar-refractivity contribution in [1.29, 1.82) is 0 Å². The lowest BCUT2D eigenvalue weighted by molar-refractivity contribution is 0.00718. The molecule has 1 aromatic heterocycles. The Hall–Kier alpha value is -2.14. The van der Waals surface area contributed by atoms with Crippen LogP contribution >= 0.6 is 0 Å². The molecule has 0 saturated heterocycles. The van der Waals surface area contributed by atoms with Gasteiger partial charge in [0.1, 0.15) is 5.60 Å². The van der Waals surface area contributed by atoms with Crippen LogP contribution in [-0.2, 0) is 4.74 Å². The topological polar surface area (TPSA) is 71.5 Å². The molecule has 0 atom stereocenters. The molecule has 0 aliphatic heterocycles. The molecule has 0 saturated carbocycles. The Labute approximate surface area is 136 Å². The fraction of sp³-hybridized carbons (Fsp3) is 0.444. The van der Waals surface area contributed by atoms with E-state index in [0.717, 1.165) is 36.0 Å². The van der Waals surface area contributed by atoms with Gasteiger partial charge in [0, 0.05) is 30.4 Å². The van der Waals surface area contributed by atoms with Crippen molar-refractivity contribution < 1.29 is 14.6 Å². The standard InChI is InChI=1S/C18H24N2O3/c1-18(2,3)23-17(22)14-8-10-20-16-7-6-13(12-15(14)16)19-9-4-5-11-21/h6-8,10,12,19,21H,4-5,9,11H2,1-3H3. The number of pyridine rings is 1. The smallest absolute Gasteiger partial charge is 0.339 e. The summed E-state index contributed by atoms with van der Waals surface area (Å²) in [6.45, 7) is 6.52.